The Morgan fingerprint density at radius 2 is 1.50 bits per heavy atom. The van der Waals surface area contributed by atoms with Crippen molar-refractivity contribution in [1.29, 1.82) is 0 Å². The van der Waals surface area contributed by atoms with E-state index in [0.29, 0.717) is 27.7 Å². The van der Waals surface area contributed by atoms with Crippen LogP contribution in [0.15, 0.2) is 102 Å². The van der Waals surface area contributed by atoms with Gasteiger partial charge in [-0.05, 0) is 73.4 Å². The van der Waals surface area contributed by atoms with Crippen LogP contribution in [0.1, 0.15) is 42.0 Å². The van der Waals surface area contributed by atoms with Crippen LogP contribution in [-0.4, -0.2) is 44.3 Å². The Kier molecular flexibility index (Phi) is 12.3. The summed E-state index contributed by atoms with van der Waals surface area (Å²) in [5, 5.41) is 3.80. The molecule has 0 aromatic heterocycles. The molecule has 4 aromatic carbocycles. The molecule has 46 heavy (non-hydrogen) atoms. The predicted molar refractivity (Wildman–Crippen MR) is 186 cm³/mol. The van der Waals surface area contributed by atoms with Crippen LogP contribution >= 0.6 is 23.2 Å². The highest BCUT2D eigenvalue weighted by molar-refractivity contribution is 7.92. The van der Waals surface area contributed by atoms with E-state index in [1.807, 2.05) is 50.2 Å². The Hall–Kier alpha value is -3.85. The molecular formula is C36H39Cl2N3O4S. The van der Waals surface area contributed by atoms with E-state index in [2.05, 4.69) is 5.32 Å². The molecule has 7 nitrogen and oxygen atoms in total. The van der Waals surface area contributed by atoms with Gasteiger partial charge in [-0.1, -0.05) is 103 Å². The summed E-state index contributed by atoms with van der Waals surface area (Å²) in [5.41, 5.74) is 3.35. The summed E-state index contributed by atoms with van der Waals surface area (Å²) in [6, 6.07) is 26.9. The zero-order chi connectivity index (χ0) is 33.3. The molecule has 0 unspecified atom stereocenters. The monoisotopic (exact) mass is 679 g/mol. The molecule has 10 heteroatoms. The number of benzene rings is 4. The van der Waals surface area contributed by atoms with Gasteiger partial charge in [0.15, 0.2) is 0 Å². The van der Waals surface area contributed by atoms with Gasteiger partial charge in [-0.2, -0.15) is 0 Å². The summed E-state index contributed by atoms with van der Waals surface area (Å²) in [4.78, 5) is 29.9. The molecule has 0 radical (unpaired) electrons. The average Bonchev–Trinajstić information content (AvgIpc) is 3.03. The lowest BCUT2D eigenvalue weighted by atomic mass is 10.0. The predicted octanol–water partition coefficient (Wildman–Crippen LogP) is 7.36. The van der Waals surface area contributed by atoms with E-state index in [0.717, 1.165) is 28.3 Å². The van der Waals surface area contributed by atoms with Crippen LogP contribution in [0.2, 0.25) is 10.0 Å². The van der Waals surface area contributed by atoms with Crippen LogP contribution < -0.4 is 9.62 Å². The fraction of sp³-hybridized carbons (Fsp3) is 0.278. The summed E-state index contributed by atoms with van der Waals surface area (Å²) >= 11 is 12.7. The number of hydrogen-bond donors (Lipinski definition) is 1. The number of anilines is 1. The van der Waals surface area contributed by atoms with Crippen LogP contribution in [0.3, 0.4) is 0 Å². The van der Waals surface area contributed by atoms with Gasteiger partial charge in [0.05, 0.1) is 10.6 Å². The second-order valence-corrected chi connectivity index (χ2v) is 14.0. The van der Waals surface area contributed by atoms with Crippen LogP contribution in [-0.2, 0) is 32.6 Å². The molecule has 0 saturated heterocycles. The molecule has 0 saturated carbocycles. The van der Waals surface area contributed by atoms with Gasteiger partial charge in [-0.3, -0.25) is 13.9 Å². The molecule has 0 heterocycles. The Bertz CT molecular complexity index is 1750. The number of nitrogens with one attached hydrogen (secondary N) is 1. The van der Waals surface area contributed by atoms with Crippen molar-refractivity contribution in [3.63, 3.8) is 0 Å². The van der Waals surface area contributed by atoms with E-state index < -0.39 is 28.5 Å². The SMILES string of the molecule is CCCCNC(=O)[C@H](Cc1ccccc1)N(Cc1cccc(Cl)c1)C(=O)CN(c1cc(Cl)ccc1C)S(=O)(=O)c1ccc(C)cc1. The van der Waals surface area contributed by atoms with E-state index in [-0.39, 0.29) is 29.5 Å². The van der Waals surface area contributed by atoms with Gasteiger partial charge in [0.2, 0.25) is 11.8 Å². The van der Waals surface area contributed by atoms with Gasteiger partial charge in [0, 0.05) is 29.6 Å². The van der Waals surface area contributed by atoms with E-state index in [9.17, 15) is 18.0 Å². The lowest BCUT2D eigenvalue weighted by molar-refractivity contribution is -0.140. The number of amides is 2. The molecule has 242 valence electrons. The molecule has 2 amide bonds. The quantitative estimate of drug-likeness (QED) is 0.141. The summed E-state index contributed by atoms with van der Waals surface area (Å²) in [6.45, 7) is 5.58. The van der Waals surface area contributed by atoms with Crippen molar-refractivity contribution < 1.29 is 18.0 Å². The summed E-state index contributed by atoms with van der Waals surface area (Å²) in [6.07, 6.45) is 1.90. The number of aryl methyl sites for hydroxylation is 2. The number of halogens is 2. The van der Waals surface area contributed by atoms with Gasteiger partial charge >= 0.3 is 0 Å². The van der Waals surface area contributed by atoms with E-state index in [1.54, 1.807) is 49.4 Å². The van der Waals surface area contributed by atoms with Crippen molar-refractivity contribution in [2.24, 2.45) is 0 Å². The molecule has 4 aromatic rings. The van der Waals surface area contributed by atoms with E-state index >= 15 is 0 Å². The molecule has 0 aliphatic carbocycles. The van der Waals surface area contributed by atoms with Gasteiger partial charge in [-0.15, -0.1) is 0 Å². The average molecular weight is 681 g/mol. The Morgan fingerprint density at radius 3 is 2.17 bits per heavy atom. The number of carbonyl (C=O) groups excluding carboxylic acids is 2. The van der Waals surface area contributed by atoms with Crippen LogP contribution in [0, 0.1) is 13.8 Å². The first-order valence-corrected chi connectivity index (χ1v) is 17.4. The fourth-order valence-corrected chi connectivity index (χ4v) is 6.94. The van der Waals surface area contributed by atoms with Crippen molar-refractivity contribution in [1.82, 2.24) is 10.2 Å². The van der Waals surface area contributed by atoms with Crippen molar-refractivity contribution in [3.05, 3.63) is 129 Å². The highest BCUT2D eigenvalue weighted by atomic mass is 35.5. The fourth-order valence-electron chi connectivity index (χ4n) is 5.09. The van der Waals surface area contributed by atoms with E-state index in [4.69, 9.17) is 23.2 Å². The van der Waals surface area contributed by atoms with Crippen LogP contribution in [0.4, 0.5) is 5.69 Å². The van der Waals surface area contributed by atoms with Gasteiger partial charge in [0.1, 0.15) is 12.6 Å². The largest absolute Gasteiger partial charge is 0.354 e. The zero-order valence-corrected chi connectivity index (χ0v) is 28.6. The first-order valence-electron chi connectivity index (χ1n) is 15.2. The van der Waals surface area contributed by atoms with Gasteiger partial charge in [-0.25, -0.2) is 8.42 Å². The molecular weight excluding hydrogens is 641 g/mol. The maximum absolute atomic E-state index is 14.6. The van der Waals surface area contributed by atoms with Gasteiger partial charge < -0.3 is 10.2 Å². The minimum Gasteiger partial charge on any atom is -0.354 e. The summed E-state index contributed by atoms with van der Waals surface area (Å²) in [7, 11) is -4.24. The van der Waals surface area contributed by atoms with Crippen molar-refractivity contribution in [2.75, 3.05) is 17.4 Å². The van der Waals surface area contributed by atoms with Crippen molar-refractivity contribution in [3.8, 4) is 0 Å². The lowest BCUT2D eigenvalue weighted by Gasteiger charge is -2.34. The smallest absolute Gasteiger partial charge is 0.264 e. The molecule has 0 bridgehead atoms. The highest BCUT2D eigenvalue weighted by Crippen LogP contribution is 2.30. The zero-order valence-electron chi connectivity index (χ0n) is 26.2. The molecule has 0 aliphatic rings. The molecule has 1 N–H and O–H groups in total. The number of hydrogen-bond acceptors (Lipinski definition) is 4. The molecule has 0 spiro atoms. The van der Waals surface area contributed by atoms with Crippen molar-refractivity contribution >= 4 is 50.7 Å². The first kappa shape index (κ1) is 35.0. The Labute approximate surface area is 282 Å². The number of carbonyl (C=O) groups is 2. The molecule has 0 fully saturated rings. The topological polar surface area (TPSA) is 86.8 Å². The summed E-state index contributed by atoms with van der Waals surface area (Å²) < 4.78 is 29.6. The third kappa shape index (κ3) is 9.12. The minimum absolute atomic E-state index is 0.0322. The van der Waals surface area contributed by atoms with Crippen molar-refractivity contribution in [2.45, 2.75) is 57.5 Å². The van der Waals surface area contributed by atoms with Gasteiger partial charge in [0.25, 0.3) is 10.0 Å². The number of rotatable bonds is 14. The van der Waals surface area contributed by atoms with Crippen LogP contribution in [0.5, 0.6) is 0 Å². The van der Waals surface area contributed by atoms with Crippen LogP contribution in [0.25, 0.3) is 0 Å². The third-order valence-corrected chi connectivity index (χ3v) is 9.91. The Balaban J connectivity index is 1.82. The first-order chi connectivity index (χ1) is 22.0. The number of nitrogens with zero attached hydrogens (tertiary/aromatic N) is 2. The molecule has 4 rings (SSSR count). The maximum Gasteiger partial charge on any atom is 0.264 e. The lowest BCUT2D eigenvalue weighted by Crippen LogP contribution is -2.53. The van der Waals surface area contributed by atoms with E-state index in [1.165, 1.54) is 23.1 Å². The standard InChI is InChI=1S/C36H39Cl2N3O4S/c1-4-5-20-39-36(43)34(22-28-10-7-6-8-11-28)40(24-29-12-9-13-30(37)21-29)35(42)25-41(33-23-31(38)17-16-27(33)3)46(44,45)32-18-14-26(2)15-19-32/h6-19,21,23,34H,4-5,20,22,24-25H2,1-3H3,(H,39,43)/t34-/m0/s1. The second-order valence-electron chi connectivity index (χ2n) is 11.3. The second kappa shape index (κ2) is 16.1. The maximum atomic E-state index is 14.6. The summed E-state index contributed by atoms with van der Waals surface area (Å²) in [5.74, 6) is -0.874. The highest BCUT2D eigenvalue weighted by Gasteiger charge is 2.35. The number of sulfonamides is 1. The minimum atomic E-state index is -4.24. The Morgan fingerprint density at radius 1 is 0.826 bits per heavy atom. The molecule has 0 aliphatic heterocycles. The third-order valence-electron chi connectivity index (χ3n) is 7.67. The normalized spacial score (nSPS) is 11.9. The number of unbranched alkanes of at least 4 members (excludes halogenated alkanes) is 1. The molecule has 1 atom stereocenters.